The number of benzene rings is 1. The van der Waals surface area contributed by atoms with Crippen molar-refractivity contribution in [1.29, 1.82) is 0 Å². The number of thioether (sulfide) groups is 1. The summed E-state index contributed by atoms with van der Waals surface area (Å²) in [5, 5.41) is 3.23. The topological polar surface area (TPSA) is 24.5 Å². The Kier molecular flexibility index (Phi) is 6.33. The van der Waals surface area contributed by atoms with Gasteiger partial charge in [-0.15, -0.1) is 0 Å². The lowest BCUT2D eigenvalue weighted by Crippen LogP contribution is -2.34. The Morgan fingerprint density at radius 3 is 2.95 bits per heavy atom. The zero-order chi connectivity index (χ0) is 15.2. The molecule has 0 bridgehead atoms. The number of nitrogens with zero attached hydrogens (tertiary/aromatic N) is 1. The molecule has 2 atom stereocenters. The molecule has 0 saturated carbocycles. The fourth-order valence-corrected chi connectivity index (χ4v) is 4.15. The normalized spacial score (nSPS) is 20.0. The van der Waals surface area contributed by atoms with Gasteiger partial charge in [0.05, 0.1) is 7.11 Å². The first-order valence-electron chi connectivity index (χ1n) is 7.45. The molecule has 1 aliphatic rings. The molecule has 1 aromatic rings. The van der Waals surface area contributed by atoms with Gasteiger partial charge >= 0.3 is 0 Å². The Labute approximate surface area is 131 Å². The molecule has 1 N–H and O–H groups in total. The van der Waals surface area contributed by atoms with Gasteiger partial charge in [0, 0.05) is 23.4 Å². The Morgan fingerprint density at radius 2 is 2.33 bits per heavy atom. The van der Waals surface area contributed by atoms with E-state index < -0.39 is 0 Å². The van der Waals surface area contributed by atoms with E-state index in [4.69, 9.17) is 4.74 Å². The van der Waals surface area contributed by atoms with Crippen LogP contribution in [0.15, 0.2) is 18.2 Å². The number of rotatable bonds is 7. The van der Waals surface area contributed by atoms with Crippen molar-refractivity contribution in [2.45, 2.75) is 24.9 Å². The van der Waals surface area contributed by atoms with Gasteiger partial charge in [0.25, 0.3) is 0 Å². The van der Waals surface area contributed by atoms with Crippen LogP contribution in [0.5, 0.6) is 5.75 Å². The van der Waals surface area contributed by atoms with E-state index in [0.717, 1.165) is 13.0 Å². The van der Waals surface area contributed by atoms with Crippen LogP contribution in [0, 0.1) is 5.82 Å². The summed E-state index contributed by atoms with van der Waals surface area (Å²) in [7, 11) is 5.64. The van der Waals surface area contributed by atoms with Crippen LogP contribution in [0.4, 0.5) is 4.39 Å². The standard InChI is InChI=1S/C16H25FN2OS/c1-18-14(7-9-19(2)12-8-10-21-11-12)16-13(17)5-4-6-15(16)20-3/h4-6,12,14,18H,7-11H2,1-3H3. The van der Waals surface area contributed by atoms with Crippen molar-refractivity contribution in [2.75, 3.05) is 39.3 Å². The molecular formula is C16H25FN2OS. The zero-order valence-electron chi connectivity index (χ0n) is 13.1. The summed E-state index contributed by atoms with van der Waals surface area (Å²) in [6.45, 7) is 0.953. The third-order valence-corrected chi connectivity index (χ3v) is 5.37. The lowest BCUT2D eigenvalue weighted by molar-refractivity contribution is 0.246. The maximum atomic E-state index is 14.2. The summed E-state index contributed by atoms with van der Waals surface area (Å²) in [5.74, 6) is 2.89. The molecule has 3 nitrogen and oxygen atoms in total. The molecule has 21 heavy (non-hydrogen) atoms. The Hall–Kier alpha value is -0.780. The van der Waals surface area contributed by atoms with Gasteiger partial charge in [-0.25, -0.2) is 4.39 Å². The Bertz CT molecular complexity index is 452. The van der Waals surface area contributed by atoms with E-state index in [1.807, 2.05) is 24.9 Å². The van der Waals surface area contributed by atoms with E-state index in [1.54, 1.807) is 13.2 Å². The molecule has 2 rings (SSSR count). The molecule has 0 radical (unpaired) electrons. The smallest absolute Gasteiger partial charge is 0.131 e. The zero-order valence-corrected chi connectivity index (χ0v) is 13.9. The summed E-state index contributed by atoms with van der Waals surface area (Å²) < 4.78 is 19.5. The molecule has 0 spiro atoms. The van der Waals surface area contributed by atoms with Gasteiger partial charge in [0.15, 0.2) is 0 Å². The van der Waals surface area contributed by atoms with Crippen molar-refractivity contribution in [3.05, 3.63) is 29.6 Å². The summed E-state index contributed by atoms with van der Waals surface area (Å²) in [5.41, 5.74) is 0.636. The molecule has 5 heteroatoms. The SMILES string of the molecule is CNC(CCN(C)C1CCSC1)c1c(F)cccc1OC. The van der Waals surface area contributed by atoms with Crippen LogP contribution < -0.4 is 10.1 Å². The summed E-state index contributed by atoms with van der Waals surface area (Å²) in [6.07, 6.45) is 2.12. The van der Waals surface area contributed by atoms with Gasteiger partial charge in [0.2, 0.25) is 0 Å². The average Bonchev–Trinajstić information content (AvgIpc) is 3.03. The fourth-order valence-electron chi connectivity index (χ4n) is 2.85. The second-order valence-electron chi connectivity index (χ2n) is 5.48. The third-order valence-electron chi connectivity index (χ3n) is 4.23. The first-order valence-corrected chi connectivity index (χ1v) is 8.60. The largest absolute Gasteiger partial charge is 0.496 e. The number of methoxy groups -OCH3 is 1. The van der Waals surface area contributed by atoms with Crippen molar-refractivity contribution in [1.82, 2.24) is 10.2 Å². The minimum Gasteiger partial charge on any atom is -0.496 e. The minimum absolute atomic E-state index is 0.0299. The van der Waals surface area contributed by atoms with Crippen molar-refractivity contribution in [3.63, 3.8) is 0 Å². The quantitative estimate of drug-likeness (QED) is 0.837. The predicted molar refractivity (Wildman–Crippen MR) is 87.7 cm³/mol. The lowest BCUT2D eigenvalue weighted by Gasteiger charge is -2.27. The second-order valence-corrected chi connectivity index (χ2v) is 6.63. The Balaban J connectivity index is 2.02. The van der Waals surface area contributed by atoms with Gasteiger partial charge < -0.3 is 15.0 Å². The molecule has 2 unspecified atom stereocenters. The van der Waals surface area contributed by atoms with Crippen LogP contribution in [-0.2, 0) is 0 Å². The number of ether oxygens (including phenoxy) is 1. The highest BCUT2D eigenvalue weighted by molar-refractivity contribution is 7.99. The Morgan fingerprint density at radius 1 is 1.52 bits per heavy atom. The van der Waals surface area contributed by atoms with Crippen LogP contribution in [-0.4, -0.2) is 50.2 Å². The molecule has 1 aliphatic heterocycles. The minimum atomic E-state index is -0.201. The van der Waals surface area contributed by atoms with Crippen LogP contribution >= 0.6 is 11.8 Å². The summed E-state index contributed by atoms with van der Waals surface area (Å²) in [4.78, 5) is 2.40. The number of hydrogen-bond donors (Lipinski definition) is 1. The molecule has 1 aromatic carbocycles. The number of hydrogen-bond acceptors (Lipinski definition) is 4. The highest BCUT2D eigenvalue weighted by Crippen LogP contribution is 2.30. The molecular weight excluding hydrogens is 287 g/mol. The van der Waals surface area contributed by atoms with E-state index >= 15 is 0 Å². The molecule has 0 aromatic heterocycles. The van der Waals surface area contributed by atoms with E-state index in [2.05, 4.69) is 17.3 Å². The summed E-state index contributed by atoms with van der Waals surface area (Å²) >= 11 is 2.02. The van der Waals surface area contributed by atoms with Crippen LogP contribution in [0.3, 0.4) is 0 Å². The molecule has 0 amide bonds. The lowest BCUT2D eigenvalue weighted by atomic mass is 10.0. The second kappa shape index (κ2) is 8.01. The fraction of sp³-hybridized carbons (Fsp3) is 0.625. The van der Waals surface area contributed by atoms with Gasteiger partial charge in [-0.3, -0.25) is 0 Å². The van der Waals surface area contributed by atoms with Crippen LogP contribution in [0.2, 0.25) is 0 Å². The van der Waals surface area contributed by atoms with E-state index in [1.165, 1.54) is 24.0 Å². The number of nitrogens with one attached hydrogen (secondary N) is 1. The highest BCUT2D eigenvalue weighted by atomic mass is 32.2. The first kappa shape index (κ1) is 16.6. The molecule has 118 valence electrons. The van der Waals surface area contributed by atoms with E-state index in [0.29, 0.717) is 17.4 Å². The maximum absolute atomic E-state index is 14.2. The van der Waals surface area contributed by atoms with Gasteiger partial charge in [-0.05, 0) is 51.4 Å². The monoisotopic (exact) mass is 312 g/mol. The first-order chi connectivity index (χ1) is 10.2. The third kappa shape index (κ3) is 4.11. The van der Waals surface area contributed by atoms with Crippen LogP contribution in [0.1, 0.15) is 24.4 Å². The molecule has 1 heterocycles. The van der Waals surface area contributed by atoms with E-state index in [9.17, 15) is 4.39 Å². The predicted octanol–water partition coefficient (Wildman–Crippen LogP) is 2.92. The molecule has 0 aliphatic carbocycles. The maximum Gasteiger partial charge on any atom is 0.131 e. The highest BCUT2D eigenvalue weighted by Gasteiger charge is 2.23. The average molecular weight is 312 g/mol. The van der Waals surface area contributed by atoms with Gasteiger partial charge in [-0.2, -0.15) is 11.8 Å². The van der Waals surface area contributed by atoms with Crippen molar-refractivity contribution < 1.29 is 9.13 Å². The van der Waals surface area contributed by atoms with Crippen LogP contribution in [0.25, 0.3) is 0 Å². The molecule has 1 saturated heterocycles. The van der Waals surface area contributed by atoms with E-state index in [-0.39, 0.29) is 11.9 Å². The van der Waals surface area contributed by atoms with Crippen molar-refractivity contribution >= 4 is 11.8 Å². The molecule has 1 fully saturated rings. The summed E-state index contributed by atoms with van der Waals surface area (Å²) in [6, 6.07) is 5.64. The van der Waals surface area contributed by atoms with Crippen molar-refractivity contribution in [2.24, 2.45) is 0 Å². The van der Waals surface area contributed by atoms with Gasteiger partial charge in [0.1, 0.15) is 11.6 Å². The number of halogens is 1. The van der Waals surface area contributed by atoms with Gasteiger partial charge in [-0.1, -0.05) is 6.07 Å². The van der Waals surface area contributed by atoms with Crippen molar-refractivity contribution in [3.8, 4) is 5.75 Å².